The fourth-order valence-corrected chi connectivity index (χ4v) is 4.80. The summed E-state index contributed by atoms with van der Waals surface area (Å²) in [5, 5.41) is 1.08. The lowest BCUT2D eigenvalue weighted by atomic mass is 10.1. The first-order valence-electron chi connectivity index (χ1n) is 12.1. The Morgan fingerprint density at radius 2 is 1.47 bits per heavy atom. The molecule has 1 saturated heterocycles. The monoisotopic (exact) mass is 488 g/mol. The van der Waals surface area contributed by atoms with Crippen LogP contribution in [0.3, 0.4) is 0 Å². The molecule has 0 N–H and O–H groups in total. The van der Waals surface area contributed by atoms with Crippen molar-refractivity contribution in [2.24, 2.45) is 0 Å². The minimum absolute atomic E-state index is 0.737. The summed E-state index contributed by atoms with van der Waals surface area (Å²) < 4.78 is 28.2. The molecule has 0 saturated carbocycles. The van der Waals surface area contributed by atoms with E-state index in [9.17, 15) is 0 Å². The second-order valence-electron chi connectivity index (χ2n) is 8.81. The molecule has 4 aromatic rings. The van der Waals surface area contributed by atoms with Gasteiger partial charge in [0.15, 0.2) is 22.8 Å². The zero-order valence-corrected chi connectivity index (χ0v) is 21.2. The number of piperazine rings is 1. The minimum Gasteiger partial charge on any atom is -0.497 e. The molecule has 5 rings (SSSR count). The van der Waals surface area contributed by atoms with Crippen LogP contribution in [0.5, 0.6) is 23.0 Å². The molecule has 1 aliphatic heterocycles. The number of anilines is 1. The highest BCUT2D eigenvalue weighted by atomic mass is 16.5. The fourth-order valence-electron chi connectivity index (χ4n) is 4.80. The maximum Gasteiger partial charge on any atom is 0.176 e. The van der Waals surface area contributed by atoms with Gasteiger partial charge in [0, 0.05) is 55.4 Å². The van der Waals surface area contributed by atoms with E-state index in [0.29, 0.717) is 0 Å². The van der Waals surface area contributed by atoms with Crippen LogP contribution in [0, 0.1) is 0 Å². The van der Waals surface area contributed by atoms with Crippen LogP contribution < -0.4 is 23.8 Å². The third-order valence-electron chi connectivity index (χ3n) is 6.81. The first-order valence-corrected chi connectivity index (χ1v) is 12.1. The van der Waals surface area contributed by atoms with Gasteiger partial charge in [-0.1, -0.05) is 18.2 Å². The van der Waals surface area contributed by atoms with Gasteiger partial charge in [-0.2, -0.15) is 0 Å². The van der Waals surface area contributed by atoms with Gasteiger partial charge >= 0.3 is 0 Å². The smallest absolute Gasteiger partial charge is 0.176 e. The molecule has 2 heterocycles. The van der Waals surface area contributed by atoms with Gasteiger partial charge in [0.25, 0.3) is 0 Å². The molecule has 1 aromatic heterocycles. The van der Waals surface area contributed by atoms with Crippen LogP contribution in [0.1, 0.15) is 5.56 Å². The standard InChI is InChI=1S/C29H32N2O5/c1-32-23-7-5-6-20(16-23)27-18-24-21(8-10-26(34-3)29(24)36-27)19-30-12-14-31(15-13-30)22-9-11-25(33-2)28(17-22)35-4/h5-11,16-18H,12-15,19H2,1-4H3. The van der Waals surface area contributed by atoms with Crippen molar-refractivity contribution < 1.29 is 23.4 Å². The average molecular weight is 489 g/mol. The van der Waals surface area contributed by atoms with E-state index in [2.05, 4.69) is 28.0 Å². The molecule has 0 atom stereocenters. The summed E-state index contributed by atoms with van der Waals surface area (Å²) in [5.74, 6) is 3.84. The lowest BCUT2D eigenvalue weighted by Gasteiger charge is -2.36. The number of furan rings is 1. The molecule has 7 nitrogen and oxygen atoms in total. The van der Waals surface area contributed by atoms with Gasteiger partial charge in [0.1, 0.15) is 11.5 Å². The quantitative estimate of drug-likeness (QED) is 0.327. The number of hydrogen-bond donors (Lipinski definition) is 0. The van der Waals surface area contributed by atoms with E-state index in [1.54, 1.807) is 28.4 Å². The molecular formula is C29H32N2O5. The summed E-state index contributed by atoms with van der Waals surface area (Å²) in [4.78, 5) is 4.87. The van der Waals surface area contributed by atoms with Crippen molar-refractivity contribution >= 4 is 16.7 Å². The van der Waals surface area contributed by atoms with Crippen molar-refractivity contribution in [1.29, 1.82) is 0 Å². The van der Waals surface area contributed by atoms with Gasteiger partial charge in [0.05, 0.1) is 28.4 Å². The molecule has 0 bridgehead atoms. The van der Waals surface area contributed by atoms with Gasteiger partial charge in [-0.25, -0.2) is 0 Å². The molecule has 3 aromatic carbocycles. The lowest BCUT2D eigenvalue weighted by Crippen LogP contribution is -2.46. The Kier molecular flexibility index (Phi) is 6.91. The van der Waals surface area contributed by atoms with Crippen LogP contribution in [0.4, 0.5) is 5.69 Å². The molecule has 1 aliphatic rings. The highest BCUT2D eigenvalue weighted by molar-refractivity contribution is 5.90. The van der Waals surface area contributed by atoms with Crippen LogP contribution in [0.15, 0.2) is 65.1 Å². The third kappa shape index (κ3) is 4.66. The summed E-state index contributed by atoms with van der Waals surface area (Å²) in [6.45, 7) is 4.65. The van der Waals surface area contributed by atoms with Crippen molar-refractivity contribution in [2.45, 2.75) is 6.54 Å². The van der Waals surface area contributed by atoms with E-state index in [1.807, 2.05) is 42.5 Å². The van der Waals surface area contributed by atoms with Gasteiger partial charge in [0.2, 0.25) is 0 Å². The topological polar surface area (TPSA) is 56.5 Å². The molecule has 188 valence electrons. The van der Waals surface area contributed by atoms with Gasteiger partial charge in [-0.3, -0.25) is 4.90 Å². The van der Waals surface area contributed by atoms with Crippen molar-refractivity contribution in [3.05, 3.63) is 66.2 Å². The Balaban J connectivity index is 1.34. The Hall–Kier alpha value is -3.84. The maximum absolute atomic E-state index is 6.29. The Morgan fingerprint density at radius 1 is 0.722 bits per heavy atom. The van der Waals surface area contributed by atoms with E-state index in [1.165, 1.54) is 5.56 Å². The number of benzene rings is 3. The second kappa shape index (κ2) is 10.4. The predicted octanol–water partition coefficient (Wildman–Crippen LogP) is 5.46. The highest BCUT2D eigenvalue weighted by Crippen LogP contribution is 2.37. The normalized spacial score (nSPS) is 14.2. The number of methoxy groups -OCH3 is 4. The first-order chi connectivity index (χ1) is 17.6. The first kappa shape index (κ1) is 23.9. The van der Waals surface area contributed by atoms with Crippen LogP contribution in [-0.2, 0) is 6.54 Å². The zero-order valence-electron chi connectivity index (χ0n) is 21.2. The highest BCUT2D eigenvalue weighted by Gasteiger charge is 2.21. The molecule has 7 heteroatoms. The predicted molar refractivity (Wildman–Crippen MR) is 142 cm³/mol. The molecule has 0 unspecified atom stereocenters. The second-order valence-corrected chi connectivity index (χ2v) is 8.81. The number of hydrogen-bond acceptors (Lipinski definition) is 7. The summed E-state index contributed by atoms with van der Waals surface area (Å²) in [6, 6.07) is 20.3. The lowest BCUT2D eigenvalue weighted by molar-refractivity contribution is 0.250. The van der Waals surface area contributed by atoms with Crippen molar-refractivity contribution in [2.75, 3.05) is 59.5 Å². The van der Waals surface area contributed by atoms with Gasteiger partial charge < -0.3 is 28.3 Å². The van der Waals surface area contributed by atoms with E-state index in [0.717, 1.165) is 83.7 Å². The number of fused-ring (bicyclic) bond motifs is 1. The molecule has 0 spiro atoms. The number of ether oxygens (including phenoxy) is 4. The summed E-state index contributed by atoms with van der Waals surface area (Å²) in [7, 11) is 6.68. The van der Waals surface area contributed by atoms with E-state index >= 15 is 0 Å². The van der Waals surface area contributed by atoms with Gasteiger partial charge in [-0.05, 0) is 42.0 Å². The Labute approximate surface area is 211 Å². The largest absolute Gasteiger partial charge is 0.497 e. The molecule has 1 fully saturated rings. The van der Waals surface area contributed by atoms with Crippen molar-refractivity contribution in [1.82, 2.24) is 4.90 Å². The van der Waals surface area contributed by atoms with Crippen LogP contribution in [0.25, 0.3) is 22.3 Å². The fraction of sp³-hybridized carbons (Fsp3) is 0.310. The summed E-state index contributed by atoms with van der Waals surface area (Å²) in [5.41, 5.74) is 4.12. The van der Waals surface area contributed by atoms with Crippen LogP contribution in [-0.4, -0.2) is 59.5 Å². The van der Waals surface area contributed by atoms with Crippen molar-refractivity contribution in [3.63, 3.8) is 0 Å². The third-order valence-corrected chi connectivity index (χ3v) is 6.81. The molecule has 36 heavy (non-hydrogen) atoms. The molecular weight excluding hydrogens is 456 g/mol. The summed E-state index contributed by atoms with van der Waals surface area (Å²) in [6.07, 6.45) is 0. The van der Waals surface area contributed by atoms with E-state index < -0.39 is 0 Å². The van der Waals surface area contributed by atoms with Crippen LogP contribution >= 0.6 is 0 Å². The van der Waals surface area contributed by atoms with E-state index in [-0.39, 0.29) is 0 Å². The zero-order chi connectivity index (χ0) is 25.1. The van der Waals surface area contributed by atoms with Crippen molar-refractivity contribution in [3.8, 4) is 34.3 Å². The Morgan fingerprint density at radius 3 is 2.19 bits per heavy atom. The van der Waals surface area contributed by atoms with Crippen LogP contribution in [0.2, 0.25) is 0 Å². The average Bonchev–Trinajstić information content (AvgIpc) is 3.39. The van der Waals surface area contributed by atoms with E-state index in [4.69, 9.17) is 23.4 Å². The SMILES string of the molecule is COc1cccc(-c2cc3c(CN4CCN(c5ccc(OC)c(OC)c5)CC4)ccc(OC)c3o2)c1. The molecule has 0 amide bonds. The minimum atomic E-state index is 0.737. The number of nitrogens with zero attached hydrogens (tertiary/aromatic N) is 2. The van der Waals surface area contributed by atoms with Gasteiger partial charge in [-0.15, -0.1) is 0 Å². The molecule has 0 aliphatic carbocycles. The maximum atomic E-state index is 6.29. The summed E-state index contributed by atoms with van der Waals surface area (Å²) >= 11 is 0. The molecule has 0 radical (unpaired) electrons. The Bertz CT molecular complexity index is 1340. The number of rotatable bonds is 8.